The van der Waals surface area contributed by atoms with Crippen LogP contribution in [-0.4, -0.2) is 47.5 Å². The number of ether oxygens (including phenoxy) is 1. The normalized spacial score (nSPS) is 20.0. The zero-order valence-electron chi connectivity index (χ0n) is 16.7. The fraction of sp³-hybridized carbons (Fsp3) is 0.500. The van der Waals surface area contributed by atoms with Crippen LogP contribution in [0.2, 0.25) is 0 Å². The lowest BCUT2D eigenvalue weighted by molar-refractivity contribution is -0.143. The average molecular weight is 414 g/mol. The molecule has 0 spiro atoms. The minimum Gasteiger partial charge on any atom is -0.381 e. The van der Waals surface area contributed by atoms with Gasteiger partial charge in [-0.05, 0) is 43.7 Å². The van der Waals surface area contributed by atoms with Gasteiger partial charge in [0.2, 0.25) is 11.8 Å². The Balaban J connectivity index is 1.34. The zero-order chi connectivity index (χ0) is 20.2. The molecule has 2 aromatic rings. The number of benzene rings is 1. The van der Waals surface area contributed by atoms with Crippen molar-refractivity contribution < 1.29 is 14.3 Å². The Morgan fingerprint density at radius 2 is 1.97 bits per heavy atom. The summed E-state index contributed by atoms with van der Waals surface area (Å²) in [4.78, 5) is 32.9. The fourth-order valence-corrected chi connectivity index (χ4v) is 4.95. The van der Waals surface area contributed by atoms with Crippen molar-refractivity contribution in [3.8, 4) is 10.4 Å². The molecule has 2 aliphatic heterocycles. The maximum absolute atomic E-state index is 12.9. The maximum atomic E-state index is 12.9. The van der Waals surface area contributed by atoms with Gasteiger partial charge < -0.3 is 15.0 Å². The van der Waals surface area contributed by atoms with Crippen LogP contribution < -0.4 is 5.32 Å². The first-order chi connectivity index (χ1) is 14.1. The van der Waals surface area contributed by atoms with E-state index in [-0.39, 0.29) is 23.8 Å². The number of thiazole rings is 1. The van der Waals surface area contributed by atoms with Crippen molar-refractivity contribution in [1.29, 1.82) is 0 Å². The van der Waals surface area contributed by atoms with Gasteiger partial charge in [0, 0.05) is 32.2 Å². The summed E-state index contributed by atoms with van der Waals surface area (Å²) < 4.78 is 5.36. The molecule has 2 amide bonds. The van der Waals surface area contributed by atoms with Crippen molar-refractivity contribution in [3.05, 3.63) is 41.0 Å². The number of hydrogen-bond acceptors (Lipinski definition) is 5. The Hall–Kier alpha value is -2.25. The molecule has 4 rings (SSSR count). The third-order valence-electron chi connectivity index (χ3n) is 5.84. The number of likely N-dealkylation sites (tertiary alicyclic amines) is 1. The van der Waals surface area contributed by atoms with E-state index >= 15 is 0 Å². The van der Waals surface area contributed by atoms with E-state index < -0.39 is 0 Å². The number of aromatic nitrogens is 1. The van der Waals surface area contributed by atoms with Crippen LogP contribution in [0, 0.1) is 12.8 Å². The summed E-state index contributed by atoms with van der Waals surface area (Å²) in [6, 6.07) is 7.87. The van der Waals surface area contributed by atoms with Crippen molar-refractivity contribution in [2.24, 2.45) is 5.92 Å². The first kappa shape index (κ1) is 20.0. The highest BCUT2D eigenvalue weighted by molar-refractivity contribution is 7.13. The Morgan fingerprint density at radius 1 is 1.21 bits per heavy atom. The lowest BCUT2D eigenvalue weighted by atomic mass is 9.98. The molecule has 1 aromatic carbocycles. The third-order valence-corrected chi connectivity index (χ3v) is 6.82. The molecule has 0 radical (unpaired) electrons. The summed E-state index contributed by atoms with van der Waals surface area (Å²) in [6.45, 7) is 4.43. The van der Waals surface area contributed by atoms with Crippen molar-refractivity contribution in [3.63, 3.8) is 0 Å². The van der Waals surface area contributed by atoms with Crippen LogP contribution in [0.15, 0.2) is 29.8 Å². The van der Waals surface area contributed by atoms with Crippen LogP contribution in [0.25, 0.3) is 10.4 Å². The van der Waals surface area contributed by atoms with Gasteiger partial charge in [0.1, 0.15) is 6.04 Å². The predicted molar refractivity (Wildman–Crippen MR) is 112 cm³/mol. The van der Waals surface area contributed by atoms with E-state index in [1.54, 1.807) is 16.2 Å². The number of carbonyl (C=O) groups is 2. The quantitative estimate of drug-likeness (QED) is 0.817. The molecule has 6 nitrogen and oxygen atoms in total. The number of rotatable bonds is 5. The molecule has 2 saturated heterocycles. The van der Waals surface area contributed by atoms with Gasteiger partial charge in [0.25, 0.3) is 0 Å². The van der Waals surface area contributed by atoms with Crippen LogP contribution in [-0.2, 0) is 20.9 Å². The van der Waals surface area contributed by atoms with Crippen molar-refractivity contribution >= 4 is 23.2 Å². The lowest BCUT2D eigenvalue weighted by Gasteiger charge is -2.30. The largest absolute Gasteiger partial charge is 0.381 e. The van der Waals surface area contributed by atoms with Gasteiger partial charge >= 0.3 is 0 Å². The highest BCUT2D eigenvalue weighted by atomic mass is 32.1. The minimum absolute atomic E-state index is 0.0000995. The highest BCUT2D eigenvalue weighted by Gasteiger charge is 2.37. The van der Waals surface area contributed by atoms with Gasteiger partial charge in [-0.2, -0.15) is 0 Å². The Kier molecular flexibility index (Phi) is 6.25. The number of aryl methyl sites for hydroxylation is 1. The van der Waals surface area contributed by atoms with E-state index in [0.717, 1.165) is 42.5 Å². The first-order valence-corrected chi connectivity index (χ1v) is 11.2. The number of nitrogens with zero attached hydrogens (tertiary/aromatic N) is 2. The van der Waals surface area contributed by atoms with Crippen LogP contribution >= 0.6 is 11.3 Å². The molecular formula is C22H27N3O3S. The molecule has 1 atom stereocenters. The Morgan fingerprint density at radius 3 is 2.66 bits per heavy atom. The van der Waals surface area contributed by atoms with Gasteiger partial charge in [-0.3, -0.25) is 9.59 Å². The molecule has 2 aliphatic rings. The second-order valence-electron chi connectivity index (χ2n) is 7.76. The number of amides is 2. The molecule has 0 aliphatic carbocycles. The third kappa shape index (κ3) is 4.51. The van der Waals surface area contributed by atoms with E-state index in [1.807, 2.05) is 24.6 Å². The average Bonchev–Trinajstić information content (AvgIpc) is 3.42. The van der Waals surface area contributed by atoms with Gasteiger partial charge in [-0.1, -0.05) is 24.3 Å². The van der Waals surface area contributed by atoms with Crippen molar-refractivity contribution in [2.45, 2.75) is 45.2 Å². The Labute approximate surface area is 175 Å². The molecular weight excluding hydrogens is 386 g/mol. The van der Waals surface area contributed by atoms with Gasteiger partial charge in [0.05, 0.1) is 16.1 Å². The molecule has 7 heteroatoms. The standard InChI is InChI=1S/C22H27N3O3S/c1-15-20(29-14-24-15)17-6-4-16(5-7-17)13-23-21(26)19-3-2-10-25(19)22(27)18-8-11-28-12-9-18/h4-7,14,18-19H,2-3,8-13H2,1H3,(H,23,26)/t19-/m0/s1. The SMILES string of the molecule is Cc1ncsc1-c1ccc(CNC(=O)[C@@H]2CCCN2C(=O)C2CCOCC2)cc1. The molecule has 3 heterocycles. The van der Waals surface area contributed by atoms with Crippen molar-refractivity contribution in [2.75, 3.05) is 19.8 Å². The molecule has 0 unspecified atom stereocenters. The Bertz CT molecular complexity index is 858. The summed E-state index contributed by atoms with van der Waals surface area (Å²) in [6.07, 6.45) is 3.14. The second-order valence-corrected chi connectivity index (χ2v) is 8.61. The highest BCUT2D eigenvalue weighted by Crippen LogP contribution is 2.27. The van der Waals surface area contributed by atoms with Gasteiger partial charge in [-0.15, -0.1) is 11.3 Å². The molecule has 0 bridgehead atoms. The van der Waals surface area contributed by atoms with Crippen LogP contribution in [0.3, 0.4) is 0 Å². The van der Waals surface area contributed by atoms with E-state index in [9.17, 15) is 9.59 Å². The summed E-state index contributed by atoms with van der Waals surface area (Å²) >= 11 is 1.63. The maximum Gasteiger partial charge on any atom is 0.243 e. The molecule has 29 heavy (non-hydrogen) atoms. The summed E-state index contributed by atoms with van der Waals surface area (Å²) in [5.74, 6) is 0.0698. The summed E-state index contributed by atoms with van der Waals surface area (Å²) in [7, 11) is 0. The van der Waals surface area contributed by atoms with Crippen LogP contribution in [0.1, 0.15) is 36.9 Å². The smallest absolute Gasteiger partial charge is 0.243 e. The molecule has 2 fully saturated rings. The van der Waals surface area contributed by atoms with Gasteiger partial charge in [-0.25, -0.2) is 4.98 Å². The molecule has 1 N–H and O–H groups in total. The second kappa shape index (κ2) is 9.05. The van der Waals surface area contributed by atoms with E-state index in [0.29, 0.717) is 26.3 Å². The molecule has 0 saturated carbocycles. The molecule has 154 valence electrons. The van der Waals surface area contributed by atoms with E-state index in [4.69, 9.17) is 4.74 Å². The lowest BCUT2D eigenvalue weighted by Crippen LogP contribution is -2.48. The first-order valence-electron chi connectivity index (χ1n) is 10.3. The minimum atomic E-state index is -0.343. The number of nitrogens with one attached hydrogen (secondary N) is 1. The van der Waals surface area contributed by atoms with Gasteiger partial charge in [0.15, 0.2) is 0 Å². The summed E-state index contributed by atoms with van der Waals surface area (Å²) in [5.41, 5.74) is 5.08. The van der Waals surface area contributed by atoms with Crippen molar-refractivity contribution in [1.82, 2.24) is 15.2 Å². The predicted octanol–water partition coefficient (Wildman–Crippen LogP) is 3.15. The summed E-state index contributed by atoms with van der Waals surface area (Å²) in [5, 5.41) is 3.03. The zero-order valence-corrected chi connectivity index (χ0v) is 17.5. The van der Waals surface area contributed by atoms with E-state index in [1.165, 1.54) is 4.88 Å². The number of hydrogen-bond donors (Lipinski definition) is 1. The number of carbonyl (C=O) groups excluding carboxylic acids is 2. The van der Waals surface area contributed by atoms with Crippen LogP contribution in [0.4, 0.5) is 0 Å². The fourth-order valence-electron chi connectivity index (χ4n) is 4.14. The molecule has 1 aromatic heterocycles. The van der Waals surface area contributed by atoms with Crippen LogP contribution in [0.5, 0.6) is 0 Å². The van der Waals surface area contributed by atoms with E-state index in [2.05, 4.69) is 22.4 Å². The monoisotopic (exact) mass is 413 g/mol. The topological polar surface area (TPSA) is 71.5 Å².